The number of nitrogens with zero attached hydrogens (tertiary/aromatic N) is 2. The van der Waals surface area contributed by atoms with E-state index >= 15 is 0 Å². The number of fused-ring (bicyclic) bond motifs is 10. The Hall–Kier alpha value is -7.62. The fourth-order valence-electron chi connectivity index (χ4n) is 9.03. The summed E-state index contributed by atoms with van der Waals surface area (Å²) < 4.78 is 9.14. The van der Waals surface area contributed by atoms with Crippen LogP contribution < -0.4 is 4.90 Å². The van der Waals surface area contributed by atoms with Crippen LogP contribution in [-0.4, -0.2) is 4.57 Å². The molecule has 266 valence electrons. The van der Waals surface area contributed by atoms with Crippen LogP contribution in [0, 0.1) is 0 Å². The third kappa shape index (κ3) is 4.99. The molecule has 3 nitrogen and oxygen atoms in total. The van der Waals surface area contributed by atoms with Crippen LogP contribution in [0.25, 0.3) is 92.9 Å². The maximum atomic E-state index is 6.67. The van der Waals surface area contributed by atoms with Crippen molar-refractivity contribution in [3.8, 4) is 16.8 Å². The van der Waals surface area contributed by atoms with Crippen LogP contribution in [0.15, 0.2) is 211 Å². The molecule has 57 heavy (non-hydrogen) atoms. The van der Waals surface area contributed by atoms with Crippen molar-refractivity contribution in [1.29, 1.82) is 0 Å². The van der Waals surface area contributed by atoms with Crippen LogP contribution in [-0.2, 0) is 0 Å². The first kappa shape index (κ1) is 31.7. The number of anilines is 3. The molecule has 0 atom stereocenters. The summed E-state index contributed by atoms with van der Waals surface area (Å²) in [5, 5.41) is 11.9. The van der Waals surface area contributed by atoms with E-state index in [0.717, 1.165) is 50.2 Å². The molecule has 0 radical (unpaired) electrons. The Labute approximate surface area is 328 Å². The monoisotopic (exact) mass is 726 g/mol. The molecular weight excluding hydrogens is 693 g/mol. The Balaban J connectivity index is 1.14. The van der Waals surface area contributed by atoms with E-state index in [0.29, 0.717) is 0 Å². The minimum absolute atomic E-state index is 0.862. The van der Waals surface area contributed by atoms with Crippen LogP contribution in [0.5, 0.6) is 0 Å². The highest BCUT2D eigenvalue weighted by Crippen LogP contribution is 2.47. The van der Waals surface area contributed by atoms with Crippen molar-refractivity contribution in [1.82, 2.24) is 4.57 Å². The standard InChI is InChI=1S/C54H34N2O/c1-2-11-35(12-3-1)37-21-25-42(26-22-37)55(44-28-30-46-48-32-40-16-6-7-17-41(40)33-51(48)57-52(46)34-44)49-19-10-20-50-53(49)47-29-24-38-14-8-9-18-45(38)54(47)56(50)43-27-23-36-13-4-5-15-39(36)31-43/h1-34H. The fraction of sp³-hybridized carbons (Fsp3) is 0. The number of benzene rings is 10. The van der Waals surface area contributed by atoms with Crippen LogP contribution in [0.2, 0.25) is 0 Å². The predicted molar refractivity (Wildman–Crippen MR) is 241 cm³/mol. The summed E-state index contributed by atoms with van der Waals surface area (Å²) in [5.74, 6) is 0. The van der Waals surface area contributed by atoms with Crippen molar-refractivity contribution < 1.29 is 4.42 Å². The zero-order valence-corrected chi connectivity index (χ0v) is 30.9. The lowest BCUT2D eigenvalue weighted by atomic mass is 10.0. The van der Waals surface area contributed by atoms with Crippen LogP contribution in [0.1, 0.15) is 0 Å². The van der Waals surface area contributed by atoms with Gasteiger partial charge in [0.1, 0.15) is 11.2 Å². The molecule has 0 amide bonds. The quantitative estimate of drug-likeness (QED) is 0.176. The van der Waals surface area contributed by atoms with Crippen LogP contribution >= 0.6 is 0 Å². The number of hydrogen-bond acceptors (Lipinski definition) is 2. The molecule has 0 aliphatic heterocycles. The highest BCUT2D eigenvalue weighted by molar-refractivity contribution is 6.23. The van der Waals surface area contributed by atoms with Crippen LogP contribution in [0.3, 0.4) is 0 Å². The second-order valence-electron chi connectivity index (χ2n) is 14.9. The van der Waals surface area contributed by atoms with Gasteiger partial charge in [0.05, 0.1) is 16.7 Å². The van der Waals surface area contributed by atoms with Crippen LogP contribution in [0.4, 0.5) is 17.1 Å². The predicted octanol–water partition coefficient (Wildman–Crippen LogP) is 15.3. The molecule has 2 heterocycles. The SMILES string of the molecule is c1ccc(-c2ccc(N(c3ccc4c(c3)oc3cc5ccccc5cc34)c3cccc4c3c3ccc5ccccc5c3n4-c3ccc4ccccc4c3)cc2)cc1. The molecule has 0 spiro atoms. The number of rotatable bonds is 5. The van der Waals surface area contributed by atoms with E-state index in [9.17, 15) is 0 Å². The molecule has 3 heteroatoms. The van der Waals surface area contributed by atoms with Gasteiger partial charge in [-0.3, -0.25) is 0 Å². The van der Waals surface area contributed by atoms with Gasteiger partial charge in [-0.25, -0.2) is 0 Å². The van der Waals surface area contributed by atoms with E-state index in [1.165, 1.54) is 59.7 Å². The van der Waals surface area contributed by atoms with E-state index in [1.807, 2.05) is 0 Å². The average molecular weight is 727 g/mol. The van der Waals surface area contributed by atoms with E-state index in [-0.39, 0.29) is 0 Å². The Morgan fingerprint density at radius 1 is 0.368 bits per heavy atom. The van der Waals surface area contributed by atoms with Crippen molar-refractivity contribution in [2.45, 2.75) is 0 Å². The van der Waals surface area contributed by atoms with Gasteiger partial charge in [0.25, 0.3) is 0 Å². The molecule has 12 rings (SSSR count). The number of furan rings is 1. The lowest BCUT2D eigenvalue weighted by Crippen LogP contribution is -2.10. The summed E-state index contributed by atoms with van der Waals surface area (Å²) in [6.45, 7) is 0. The molecule has 0 saturated heterocycles. The summed E-state index contributed by atoms with van der Waals surface area (Å²) in [6, 6.07) is 74.6. The Morgan fingerprint density at radius 3 is 1.82 bits per heavy atom. The number of hydrogen-bond donors (Lipinski definition) is 0. The maximum absolute atomic E-state index is 6.67. The lowest BCUT2D eigenvalue weighted by molar-refractivity contribution is 0.669. The van der Waals surface area contributed by atoms with Gasteiger partial charge in [0.15, 0.2) is 0 Å². The van der Waals surface area contributed by atoms with Gasteiger partial charge in [-0.15, -0.1) is 0 Å². The Kier molecular flexibility index (Phi) is 6.93. The minimum Gasteiger partial charge on any atom is -0.456 e. The molecule has 0 aliphatic carbocycles. The molecule has 0 aliphatic rings. The smallest absolute Gasteiger partial charge is 0.137 e. The Morgan fingerprint density at radius 2 is 1.00 bits per heavy atom. The van der Waals surface area contributed by atoms with E-state index in [2.05, 4.69) is 216 Å². The van der Waals surface area contributed by atoms with Crippen molar-refractivity contribution >= 4 is 93.1 Å². The molecule has 0 fully saturated rings. The topological polar surface area (TPSA) is 21.3 Å². The molecule has 0 unspecified atom stereocenters. The van der Waals surface area contributed by atoms with Crippen molar-refractivity contribution in [2.24, 2.45) is 0 Å². The van der Waals surface area contributed by atoms with Gasteiger partial charge in [0, 0.05) is 50.1 Å². The van der Waals surface area contributed by atoms with Gasteiger partial charge in [-0.05, 0) is 98.7 Å². The molecule has 0 N–H and O–H groups in total. The lowest BCUT2D eigenvalue weighted by Gasteiger charge is -2.27. The molecule has 0 bridgehead atoms. The molecule has 2 aromatic heterocycles. The first-order valence-corrected chi connectivity index (χ1v) is 19.5. The van der Waals surface area contributed by atoms with E-state index < -0.39 is 0 Å². The first-order valence-electron chi connectivity index (χ1n) is 19.5. The normalized spacial score (nSPS) is 11.9. The summed E-state index contributed by atoms with van der Waals surface area (Å²) in [6.07, 6.45) is 0. The van der Waals surface area contributed by atoms with Crippen molar-refractivity contribution in [3.05, 3.63) is 206 Å². The summed E-state index contributed by atoms with van der Waals surface area (Å²) in [5.41, 5.74) is 10.8. The highest BCUT2D eigenvalue weighted by atomic mass is 16.3. The van der Waals surface area contributed by atoms with E-state index in [1.54, 1.807) is 0 Å². The molecule has 10 aromatic carbocycles. The molecule has 12 aromatic rings. The second kappa shape index (κ2) is 12.5. The fourth-order valence-corrected chi connectivity index (χ4v) is 9.03. The van der Waals surface area contributed by atoms with Gasteiger partial charge in [0.2, 0.25) is 0 Å². The third-order valence-corrected chi connectivity index (χ3v) is 11.7. The summed E-state index contributed by atoms with van der Waals surface area (Å²) >= 11 is 0. The minimum atomic E-state index is 0.862. The zero-order chi connectivity index (χ0) is 37.5. The van der Waals surface area contributed by atoms with E-state index in [4.69, 9.17) is 4.42 Å². The highest BCUT2D eigenvalue weighted by Gasteiger charge is 2.23. The Bertz CT molecular complexity index is 3520. The van der Waals surface area contributed by atoms with Crippen molar-refractivity contribution in [2.75, 3.05) is 4.90 Å². The molecular formula is C54H34N2O. The molecule has 0 saturated carbocycles. The van der Waals surface area contributed by atoms with Gasteiger partial charge in [-0.1, -0.05) is 140 Å². The van der Waals surface area contributed by atoms with Gasteiger partial charge < -0.3 is 13.9 Å². The maximum Gasteiger partial charge on any atom is 0.137 e. The second-order valence-corrected chi connectivity index (χ2v) is 14.9. The third-order valence-electron chi connectivity index (χ3n) is 11.7. The number of aromatic nitrogens is 1. The van der Waals surface area contributed by atoms with Gasteiger partial charge in [-0.2, -0.15) is 0 Å². The van der Waals surface area contributed by atoms with Crippen molar-refractivity contribution in [3.63, 3.8) is 0 Å². The largest absolute Gasteiger partial charge is 0.456 e. The zero-order valence-electron chi connectivity index (χ0n) is 30.9. The summed E-state index contributed by atoms with van der Waals surface area (Å²) in [4.78, 5) is 2.40. The van der Waals surface area contributed by atoms with Gasteiger partial charge >= 0.3 is 0 Å². The average Bonchev–Trinajstić information content (AvgIpc) is 3.81. The summed E-state index contributed by atoms with van der Waals surface area (Å²) in [7, 11) is 0. The first-order chi connectivity index (χ1) is 28.2.